The zero-order valence-corrected chi connectivity index (χ0v) is 14.4. The van der Waals surface area contributed by atoms with Gasteiger partial charge in [0.25, 0.3) is 0 Å². The molecule has 1 saturated heterocycles. The summed E-state index contributed by atoms with van der Waals surface area (Å²) in [5, 5.41) is 10.8. The fraction of sp³-hybridized carbons (Fsp3) is 0.684. The van der Waals surface area contributed by atoms with Gasteiger partial charge in [-0.15, -0.1) is 0 Å². The quantitative estimate of drug-likeness (QED) is 0.925. The summed E-state index contributed by atoms with van der Waals surface area (Å²) in [5.41, 5.74) is 1.66. The molecule has 0 spiro atoms. The van der Waals surface area contributed by atoms with E-state index in [0.717, 1.165) is 5.56 Å². The summed E-state index contributed by atoms with van der Waals surface area (Å²) in [6, 6.07) is 2.34. The highest BCUT2D eigenvalue weighted by Gasteiger charge is 2.38. The van der Waals surface area contributed by atoms with Crippen LogP contribution in [0.3, 0.4) is 0 Å². The standard InChI is InChI=1S/C19H29NO3/c1-12(2)7-14-11-20-6-5-13-8-18(22-3)19(23-4)9-15(13)16(20)10-17(14)21/h8-9,12,14,16-17,21H,5-7,10-11H2,1-4H3/i11D2,16D. The van der Waals surface area contributed by atoms with E-state index in [4.69, 9.17) is 13.6 Å². The third kappa shape index (κ3) is 3.20. The number of hydrogen-bond acceptors (Lipinski definition) is 4. The molecule has 128 valence electrons. The maximum absolute atomic E-state index is 10.8. The first-order valence-electron chi connectivity index (χ1n) is 9.86. The van der Waals surface area contributed by atoms with E-state index >= 15 is 0 Å². The highest BCUT2D eigenvalue weighted by atomic mass is 16.5. The molecule has 1 aromatic carbocycles. The van der Waals surface area contributed by atoms with Crippen LogP contribution < -0.4 is 9.47 Å². The first-order valence-corrected chi connectivity index (χ1v) is 8.36. The Hall–Kier alpha value is -1.26. The normalized spacial score (nSPS) is 34.8. The maximum Gasteiger partial charge on any atom is 0.161 e. The Bertz CT molecular complexity index is 682. The first-order chi connectivity index (χ1) is 12.1. The number of fused-ring (bicyclic) bond motifs is 3. The monoisotopic (exact) mass is 322 g/mol. The molecule has 0 amide bonds. The molecule has 1 aromatic rings. The number of methoxy groups -OCH3 is 2. The smallest absolute Gasteiger partial charge is 0.161 e. The van der Waals surface area contributed by atoms with Crippen LogP contribution in [-0.2, 0) is 6.42 Å². The summed E-state index contributed by atoms with van der Waals surface area (Å²) in [6.07, 6.45) is 0.562. The van der Waals surface area contributed by atoms with Crippen LogP contribution in [0.25, 0.3) is 0 Å². The lowest BCUT2D eigenvalue weighted by Crippen LogP contribution is -2.48. The Labute approximate surface area is 143 Å². The van der Waals surface area contributed by atoms with E-state index in [-0.39, 0.29) is 12.3 Å². The van der Waals surface area contributed by atoms with Gasteiger partial charge in [0.15, 0.2) is 11.5 Å². The third-order valence-corrected chi connectivity index (χ3v) is 4.76. The van der Waals surface area contributed by atoms with Crippen LogP contribution in [0, 0.1) is 11.8 Å². The minimum atomic E-state index is -1.74. The van der Waals surface area contributed by atoms with Crippen molar-refractivity contribution in [1.82, 2.24) is 4.90 Å². The van der Waals surface area contributed by atoms with Gasteiger partial charge < -0.3 is 14.6 Å². The molecule has 2 aliphatic heterocycles. The lowest BCUT2D eigenvalue weighted by molar-refractivity contribution is -0.0191. The van der Waals surface area contributed by atoms with Crippen molar-refractivity contribution in [3.05, 3.63) is 23.3 Å². The van der Waals surface area contributed by atoms with Crippen molar-refractivity contribution in [1.29, 1.82) is 0 Å². The van der Waals surface area contributed by atoms with Crippen molar-refractivity contribution < 1.29 is 18.7 Å². The number of hydrogen-bond donors (Lipinski definition) is 1. The Morgan fingerprint density at radius 3 is 2.70 bits per heavy atom. The van der Waals surface area contributed by atoms with E-state index < -0.39 is 24.5 Å². The molecular formula is C19H29NO3. The predicted molar refractivity (Wildman–Crippen MR) is 91.1 cm³/mol. The molecule has 3 rings (SSSR count). The van der Waals surface area contributed by atoms with Crippen LogP contribution in [0.15, 0.2) is 12.1 Å². The molecule has 0 aromatic heterocycles. The fourth-order valence-electron chi connectivity index (χ4n) is 3.62. The molecule has 23 heavy (non-hydrogen) atoms. The fourth-order valence-corrected chi connectivity index (χ4v) is 3.62. The van der Waals surface area contributed by atoms with Crippen molar-refractivity contribution in [2.75, 3.05) is 27.3 Å². The van der Waals surface area contributed by atoms with Crippen LogP contribution in [-0.4, -0.2) is 43.4 Å². The van der Waals surface area contributed by atoms with Crippen LogP contribution >= 0.6 is 0 Å². The van der Waals surface area contributed by atoms with Crippen LogP contribution in [0.1, 0.15) is 47.9 Å². The molecule has 3 atom stereocenters. The second-order valence-corrected chi connectivity index (χ2v) is 6.85. The number of piperidine rings is 1. The zero-order chi connectivity index (χ0) is 19.3. The lowest BCUT2D eigenvalue weighted by atomic mass is 9.79. The predicted octanol–water partition coefficient (Wildman–Crippen LogP) is 3.03. The maximum atomic E-state index is 10.8. The van der Waals surface area contributed by atoms with Crippen molar-refractivity contribution in [3.63, 3.8) is 0 Å². The molecule has 1 N–H and O–H groups in total. The Morgan fingerprint density at radius 2 is 2.04 bits per heavy atom. The summed E-state index contributed by atoms with van der Waals surface area (Å²) in [6.45, 7) is 2.77. The van der Waals surface area contributed by atoms with E-state index in [1.54, 1.807) is 25.2 Å². The van der Waals surface area contributed by atoms with E-state index in [9.17, 15) is 5.11 Å². The SMILES string of the molecule is [2H]C12CC(O)C(CC(C)C)C([2H])([2H])N1CCc1cc(OC)c(OC)cc12. The highest BCUT2D eigenvalue weighted by Crippen LogP contribution is 2.43. The Balaban J connectivity index is 2.08. The van der Waals surface area contributed by atoms with Gasteiger partial charge in [-0.2, -0.15) is 0 Å². The van der Waals surface area contributed by atoms with Crippen molar-refractivity contribution >= 4 is 0 Å². The van der Waals surface area contributed by atoms with Crippen LogP contribution in [0.2, 0.25) is 0 Å². The summed E-state index contributed by atoms with van der Waals surface area (Å²) in [5.74, 6) is 0.923. The van der Waals surface area contributed by atoms with Crippen molar-refractivity contribution in [2.45, 2.75) is 45.2 Å². The number of ether oxygens (including phenoxy) is 2. The largest absolute Gasteiger partial charge is 0.493 e. The third-order valence-electron chi connectivity index (χ3n) is 4.76. The summed E-state index contributed by atoms with van der Waals surface area (Å²) < 4.78 is 37.4. The van der Waals surface area contributed by atoms with E-state index in [0.29, 0.717) is 36.4 Å². The number of nitrogens with zero attached hydrogens (tertiary/aromatic N) is 1. The molecule has 3 unspecified atom stereocenters. The minimum absolute atomic E-state index is 0.187. The van der Waals surface area contributed by atoms with Gasteiger partial charge in [-0.1, -0.05) is 13.8 Å². The average Bonchev–Trinajstić information content (AvgIpc) is 2.57. The molecule has 0 radical (unpaired) electrons. The van der Waals surface area contributed by atoms with Gasteiger partial charge in [-0.25, -0.2) is 0 Å². The van der Waals surface area contributed by atoms with Crippen molar-refractivity contribution in [2.24, 2.45) is 11.8 Å². The second-order valence-electron chi connectivity index (χ2n) is 6.85. The summed E-state index contributed by atoms with van der Waals surface area (Å²) in [4.78, 5) is 1.63. The Morgan fingerprint density at radius 1 is 1.35 bits per heavy atom. The van der Waals surface area contributed by atoms with Gasteiger partial charge in [0.1, 0.15) is 0 Å². The van der Waals surface area contributed by atoms with Crippen LogP contribution in [0.5, 0.6) is 11.5 Å². The van der Waals surface area contributed by atoms with Crippen LogP contribution in [0.4, 0.5) is 0 Å². The molecule has 2 heterocycles. The van der Waals surface area contributed by atoms with Gasteiger partial charge in [0, 0.05) is 21.8 Å². The molecule has 4 heteroatoms. The molecule has 4 nitrogen and oxygen atoms in total. The topological polar surface area (TPSA) is 41.9 Å². The van der Waals surface area contributed by atoms with Gasteiger partial charge in [-0.3, -0.25) is 4.90 Å². The number of aliphatic hydroxyl groups is 1. The van der Waals surface area contributed by atoms with Gasteiger partial charge in [-0.05, 0) is 54.4 Å². The summed E-state index contributed by atoms with van der Waals surface area (Å²) in [7, 11) is 3.13. The lowest BCUT2D eigenvalue weighted by Gasteiger charge is -2.46. The van der Waals surface area contributed by atoms with E-state index in [1.807, 2.05) is 19.9 Å². The molecule has 0 aliphatic carbocycles. The van der Waals surface area contributed by atoms with Gasteiger partial charge in [0.2, 0.25) is 0 Å². The second kappa shape index (κ2) is 6.70. The molecule has 0 bridgehead atoms. The average molecular weight is 322 g/mol. The highest BCUT2D eigenvalue weighted by molar-refractivity contribution is 5.49. The Kier molecular flexibility index (Phi) is 3.81. The summed E-state index contributed by atoms with van der Waals surface area (Å²) >= 11 is 0. The van der Waals surface area contributed by atoms with Gasteiger partial charge in [0.05, 0.1) is 21.7 Å². The zero-order valence-electron chi connectivity index (χ0n) is 17.4. The number of aliphatic hydroxyl groups excluding tert-OH is 1. The van der Waals surface area contributed by atoms with E-state index in [2.05, 4.69) is 0 Å². The molecular weight excluding hydrogens is 290 g/mol. The number of benzene rings is 1. The first kappa shape index (κ1) is 13.1. The van der Waals surface area contributed by atoms with E-state index in [1.165, 1.54) is 0 Å². The number of rotatable bonds is 4. The van der Waals surface area contributed by atoms with Gasteiger partial charge >= 0.3 is 0 Å². The molecule has 1 fully saturated rings. The molecule has 2 aliphatic rings. The van der Waals surface area contributed by atoms with Crippen molar-refractivity contribution in [3.8, 4) is 11.5 Å². The molecule has 0 saturated carbocycles. The minimum Gasteiger partial charge on any atom is -0.493 e.